The van der Waals surface area contributed by atoms with Gasteiger partial charge in [0.05, 0.1) is 6.04 Å². The van der Waals surface area contributed by atoms with Crippen molar-refractivity contribution in [1.29, 1.82) is 0 Å². The highest BCUT2D eigenvalue weighted by molar-refractivity contribution is 5.80. The maximum absolute atomic E-state index is 11.7. The summed E-state index contributed by atoms with van der Waals surface area (Å²) in [6, 6.07) is 8.94. The number of carbonyl (C=O) groups is 1. The second kappa shape index (κ2) is 7.75. The molecule has 0 bridgehead atoms. The minimum absolute atomic E-state index is 0.0301. The first kappa shape index (κ1) is 17.0. The standard InChI is InChI=1S/C18H29N3O/c1-14(2)17-7-5-16(6-8-17)13-20-9-11-21(12-10-20)15(3)18(22)19-4/h5-8,14-15H,9-13H2,1-4H3,(H,19,22)/t15-/m0/s1. The minimum Gasteiger partial charge on any atom is -0.358 e. The first-order valence-corrected chi connectivity index (χ1v) is 8.28. The molecule has 1 heterocycles. The van der Waals surface area contributed by atoms with Crippen LogP contribution in [0.2, 0.25) is 0 Å². The zero-order valence-corrected chi connectivity index (χ0v) is 14.3. The van der Waals surface area contributed by atoms with Crippen LogP contribution in [0.1, 0.15) is 37.8 Å². The summed E-state index contributed by atoms with van der Waals surface area (Å²) in [5.41, 5.74) is 2.77. The van der Waals surface area contributed by atoms with E-state index in [1.54, 1.807) is 7.05 Å². The fraction of sp³-hybridized carbons (Fsp3) is 0.611. The Labute approximate surface area is 134 Å². The van der Waals surface area contributed by atoms with Crippen molar-refractivity contribution in [2.45, 2.75) is 39.3 Å². The zero-order valence-electron chi connectivity index (χ0n) is 14.3. The van der Waals surface area contributed by atoms with E-state index in [0.717, 1.165) is 32.7 Å². The molecule has 22 heavy (non-hydrogen) atoms. The number of amides is 1. The molecule has 1 N–H and O–H groups in total. The highest BCUT2D eigenvalue weighted by atomic mass is 16.2. The molecule has 1 aliphatic rings. The van der Waals surface area contributed by atoms with Crippen LogP contribution in [0.5, 0.6) is 0 Å². The molecular weight excluding hydrogens is 274 g/mol. The molecule has 2 rings (SSSR count). The summed E-state index contributed by atoms with van der Waals surface area (Å²) in [5.74, 6) is 0.696. The zero-order chi connectivity index (χ0) is 16.1. The van der Waals surface area contributed by atoms with Crippen LogP contribution in [0, 0.1) is 0 Å². The van der Waals surface area contributed by atoms with E-state index in [2.05, 4.69) is 53.2 Å². The number of hydrogen-bond acceptors (Lipinski definition) is 3. The predicted octanol–water partition coefficient (Wildman–Crippen LogP) is 2.06. The van der Waals surface area contributed by atoms with Gasteiger partial charge >= 0.3 is 0 Å². The topological polar surface area (TPSA) is 35.6 Å². The van der Waals surface area contributed by atoms with Gasteiger partial charge in [0.25, 0.3) is 0 Å². The highest BCUT2D eigenvalue weighted by Gasteiger charge is 2.24. The Hall–Kier alpha value is -1.39. The van der Waals surface area contributed by atoms with Crippen LogP contribution in [0.4, 0.5) is 0 Å². The fourth-order valence-corrected chi connectivity index (χ4v) is 2.95. The van der Waals surface area contributed by atoms with Gasteiger partial charge in [0.1, 0.15) is 0 Å². The Morgan fingerprint density at radius 3 is 2.18 bits per heavy atom. The molecule has 4 heteroatoms. The number of rotatable bonds is 5. The molecule has 122 valence electrons. The Bertz CT molecular complexity index is 476. The van der Waals surface area contributed by atoms with Gasteiger partial charge in [-0.25, -0.2) is 0 Å². The van der Waals surface area contributed by atoms with Gasteiger partial charge in [-0.3, -0.25) is 14.6 Å². The van der Waals surface area contributed by atoms with Gasteiger partial charge in [-0.2, -0.15) is 0 Å². The van der Waals surface area contributed by atoms with E-state index in [1.807, 2.05) is 6.92 Å². The average molecular weight is 303 g/mol. The molecule has 0 aliphatic carbocycles. The van der Waals surface area contributed by atoms with E-state index in [4.69, 9.17) is 0 Å². The fourth-order valence-electron chi connectivity index (χ4n) is 2.95. The van der Waals surface area contributed by atoms with Gasteiger partial charge in [0, 0.05) is 39.8 Å². The highest BCUT2D eigenvalue weighted by Crippen LogP contribution is 2.16. The number of piperazine rings is 1. The molecule has 1 fully saturated rings. The summed E-state index contributed by atoms with van der Waals surface area (Å²) < 4.78 is 0. The predicted molar refractivity (Wildman–Crippen MR) is 90.9 cm³/mol. The van der Waals surface area contributed by atoms with Crippen molar-refractivity contribution in [3.8, 4) is 0 Å². The average Bonchev–Trinajstić information content (AvgIpc) is 2.54. The monoisotopic (exact) mass is 303 g/mol. The first-order valence-electron chi connectivity index (χ1n) is 8.28. The van der Waals surface area contributed by atoms with Crippen LogP contribution in [0.3, 0.4) is 0 Å². The summed E-state index contributed by atoms with van der Waals surface area (Å²) in [4.78, 5) is 16.4. The molecule has 1 aliphatic heterocycles. The molecular formula is C18H29N3O. The smallest absolute Gasteiger partial charge is 0.236 e. The van der Waals surface area contributed by atoms with E-state index >= 15 is 0 Å². The van der Waals surface area contributed by atoms with Crippen LogP contribution in [0.15, 0.2) is 24.3 Å². The normalized spacial score (nSPS) is 18.4. The van der Waals surface area contributed by atoms with E-state index < -0.39 is 0 Å². The number of nitrogens with zero attached hydrogens (tertiary/aromatic N) is 2. The van der Waals surface area contributed by atoms with Crippen molar-refractivity contribution < 1.29 is 4.79 Å². The van der Waals surface area contributed by atoms with E-state index in [-0.39, 0.29) is 11.9 Å². The molecule has 1 amide bonds. The van der Waals surface area contributed by atoms with Gasteiger partial charge in [-0.1, -0.05) is 38.1 Å². The van der Waals surface area contributed by atoms with Crippen molar-refractivity contribution in [2.75, 3.05) is 33.2 Å². The van der Waals surface area contributed by atoms with Crippen LogP contribution in [-0.4, -0.2) is 55.0 Å². The molecule has 1 atom stereocenters. The first-order chi connectivity index (χ1) is 10.5. The lowest BCUT2D eigenvalue weighted by Gasteiger charge is -2.37. The molecule has 1 saturated heterocycles. The van der Waals surface area contributed by atoms with Crippen molar-refractivity contribution in [3.63, 3.8) is 0 Å². The van der Waals surface area contributed by atoms with E-state index in [1.165, 1.54) is 11.1 Å². The number of nitrogens with one attached hydrogen (secondary N) is 1. The second-order valence-electron chi connectivity index (χ2n) is 6.50. The summed E-state index contributed by atoms with van der Waals surface area (Å²) in [7, 11) is 1.70. The summed E-state index contributed by atoms with van der Waals surface area (Å²) in [6.45, 7) is 11.4. The maximum Gasteiger partial charge on any atom is 0.236 e. The molecule has 0 spiro atoms. The lowest BCUT2D eigenvalue weighted by Crippen LogP contribution is -2.53. The number of benzene rings is 1. The lowest BCUT2D eigenvalue weighted by molar-refractivity contribution is -0.126. The lowest BCUT2D eigenvalue weighted by atomic mass is 10.0. The van der Waals surface area contributed by atoms with Crippen molar-refractivity contribution in [2.24, 2.45) is 0 Å². The van der Waals surface area contributed by atoms with Crippen LogP contribution >= 0.6 is 0 Å². The summed E-state index contributed by atoms with van der Waals surface area (Å²) in [5, 5.41) is 2.73. The van der Waals surface area contributed by atoms with Gasteiger partial charge in [-0.05, 0) is 24.0 Å². The third kappa shape index (κ3) is 4.31. The Balaban J connectivity index is 1.83. The largest absolute Gasteiger partial charge is 0.358 e. The maximum atomic E-state index is 11.7. The van der Waals surface area contributed by atoms with Crippen molar-refractivity contribution in [1.82, 2.24) is 15.1 Å². The Morgan fingerprint density at radius 2 is 1.68 bits per heavy atom. The van der Waals surface area contributed by atoms with Crippen LogP contribution in [-0.2, 0) is 11.3 Å². The van der Waals surface area contributed by atoms with Crippen LogP contribution < -0.4 is 5.32 Å². The SMILES string of the molecule is CNC(=O)[C@H](C)N1CCN(Cc2ccc(C(C)C)cc2)CC1. The molecule has 0 unspecified atom stereocenters. The van der Waals surface area contributed by atoms with Gasteiger partial charge in [0.2, 0.25) is 5.91 Å². The van der Waals surface area contributed by atoms with Gasteiger partial charge in [-0.15, -0.1) is 0 Å². The molecule has 0 aromatic heterocycles. The molecule has 1 aromatic rings. The summed E-state index contributed by atoms with van der Waals surface area (Å²) in [6.07, 6.45) is 0. The van der Waals surface area contributed by atoms with E-state index in [9.17, 15) is 4.79 Å². The quantitative estimate of drug-likeness (QED) is 0.904. The number of carbonyl (C=O) groups excluding carboxylic acids is 1. The third-order valence-corrected chi connectivity index (χ3v) is 4.63. The number of hydrogen-bond donors (Lipinski definition) is 1. The minimum atomic E-state index is -0.0301. The van der Waals surface area contributed by atoms with Gasteiger partial charge < -0.3 is 5.32 Å². The van der Waals surface area contributed by atoms with Crippen molar-refractivity contribution >= 4 is 5.91 Å². The molecule has 0 saturated carbocycles. The summed E-state index contributed by atoms with van der Waals surface area (Å²) >= 11 is 0. The Kier molecular flexibility index (Phi) is 5.98. The molecule has 4 nitrogen and oxygen atoms in total. The molecule has 1 aromatic carbocycles. The Morgan fingerprint density at radius 1 is 1.09 bits per heavy atom. The van der Waals surface area contributed by atoms with Gasteiger partial charge in [0.15, 0.2) is 0 Å². The molecule has 0 radical (unpaired) electrons. The third-order valence-electron chi connectivity index (χ3n) is 4.63. The second-order valence-corrected chi connectivity index (χ2v) is 6.50. The number of likely N-dealkylation sites (N-methyl/N-ethyl adjacent to an activating group) is 1. The van der Waals surface area contributed by atoms with Crippen LogP contribution in [0.25, 0.3) is 0 Å². The van der Waals surface area contributed by atoms with Crippen molar-refractivity contribution in [3.05, 3.63) is 35.4 Å². The van der Waals surface area contributed by atoms with E-state index in [0.29, 0.717) is 5.92 Å².